The van der Waals surface area contributed by atoms with Crippen LogP contribution in [0.5, 0.6) is 0 Å². The second kappa shape index (κ2) is 6.01. The fourth-order valence-electron chi connectivity index (χ4n) is 2.02. The fourth-order valence-corrected chi connectivity index (χ4v) is 2.02. The number of likely N-dealkylation sites (N-methyl/N-ethyl adjacent to an activating group) is 1. The zero-order chi connectivity index (χ0) is 13.8. The van der Waals surface area contributed by atoms with Gasteiger partial charge >= 0.3 is 6.01 Å². The number of aromatic nitrogens is 2. The van der Waals surface area contributed by atoms with Gasteiger partial charge in [0, 0.05) is 20.1 Å². The number of hydrogen-bond acceptors (Lipinski definition) is 6. The summed E-state index contributed by atoms with van der Waals surface area (Å²) in [4.78, 5) is 15.6. The molecule has 1 unspecified atom stereocenters. The molecule has 1 aromatic heterocycles. The summed E-state index contributed by atoms with van der Waals surface area (Å²) < 4.78 is 5.53. The molecule has 1 aromatic rings. The third-order valence-corrected chi connectivity index (χ3v) is 3.39. The van der Waals surface area contributed by atoms with Crippen LogP contribution in [0.25, 0.3) is 0 Å². The first kappa shape index (κ1) is 13.8. The van der Waals surface area contributed by atoms with Crippen molar-refractivity contribution in [2.75, 3.05) is 38.6 Å². The van der Waals surface area contributed by atoms with E-state index in [1.165, 1.54) is 0 Å². The van der Waals surface area contributed by atoms with Crippen LogP contribution in [-0.4, -0.2) is 54.7 Å². The topological polar surface area (TPSA) is 74.5 Å². The SMILES string of the molecule is CNC(C)c1nnc(N(C)CC(=O)N2CCCC2)o1. The van der Waals surface area contributed by atoms with Crippen molar-refractivity contribution in [3.63, 3.8) is 0 Å². The molecule has 1 aliphatic heterocycles. The number of carbonyl (C=O) groups excluding carboxylic acids is 1. The number of amides is 1. The van der Waals surface area contributed by atoms with Crippen LogP contribution in [-0.2, 0) is 4.79 Å². The van der Waals surface area contributed by atoms with E-state index in [0.717, 1.165) is 25.9 Å². The number of likely N-dealkylation sites (tertiary alicyclic amines) is 1. The molecular weight excluding hydrogens is 246 g/mol. The van der Waals surface area contributed by atoms with Crippen LogP contribution >= 0.6 is 0 Å². The Bertz CT molecular complexity index is 428. The Labute approximate surface area is 113 Å². The minimum Gasteiger partial charge on any atom is -0.406 e. The summed E-state index contributed by atoms with van der Waals surface area (Å²) in [5.74, 6) is 0.638. The summed E-state index contributed by atoms with van der Waals surface area (Å²) in [6, 6.07) is 0.383. The first-order chi connectivity index (χ1) is 9.11. The number of rotatable bonds is 5. The zero-order valence-electron chi connectivity index (χ0n) is 11.7. The maximum Gasteiger partial charge on any atom is 0.318 e. The molecule has 1 fully saturated rings. The smallest absolute Gasteiger partial charge is 0.318 e. The Morgan fingerprint density at radius 2 is 2.16 bits per heavy atom. The summed E-state index contributed by atoms with van der Waals surface area (Å²) in [6.45, 7) is 3.93. The van der Waals surface area contributed by atoms with Crippen molar-refractivity contribution < 1.29 is 9.21 Å². The molecule has 0 saturated carbocycles. The van der Waals surface area contributed by atoms with Crippen LogP contribution in [0.4, 0.5) is 6.01 Å². The van der Waals surface area contributed by atoms with Gasteiger partial charge in [0.2, 0.25) is 11.8 Å². The molecule has 0 aliphatic carbocycles. The van der Waals surface area contributed by atoms with E-state index in [-0.39, 0.29) is 18.5 Å². The van der Waals surface area contributed by atoms with Crippen molar-refractivity contribution in [1.29, 1.82) is 0 Å². The standard InChI is InChI=1S/C12H21N5O2/c1-9(13-2)11-14-15-12(19-11)16(3)8-10(18)17-6-4-5-7-17/h9,13H,4-8H2,1-3H3. The van der Waals surface area contributed by atoms with Crippen LogP contribution in [0.3, 0.4) is 0 Å². The lowest BCUT2D eigenvalue weighted by Crippen LogP contribution is -2.37. The highest BCUT2D eigenvalue weighted by molar-refractivity contribution is 5.80. The molecule has 0 bridgehead atoms. The summed E-state index contributed by atoms with van der Waals surface area (Å²) in [5, 5.41) is 11.0. The second-order valence-electron chi connectivity index (χ2n) is 4.88. The zero-order valence-corrected chi connectivity index (χ0v) is 11.7. The molecule has 0 radical (unpaired) electrons. The van der Waals surface area contributed by atoms with E-state index < -0.39 is 0 Å². The Kier molecular flexibility index (Phi) is 4.36. The van der Waals surface area contributed by atoms with Gasteiger partial charge in [0.25, 0.3) is 0 Å². The molecule has 1 N–H and O–H groups in total. The number of nitrogens with one attached hydrogen (secondary N) is 1. The Morgan fingerprint density at radius 1 is 1.47 bits per heavy atom. The normalized spacial score (nSPS) is 16.7. The van der Waals surface area contributed by atoms with Gasteiger partial charge in [-0.2, -0.15) is 0 Å². The van der Waals surface area contributed by atoms with Crippen LogP contribution in [0.1, 0.15) is 31.7 Å². The molecule has 1 aliphatic rings. The van der Waals surface area contributed by atoms with E-state index in [2.05, 4.69) is 15.5 Å². The third kappa shape index (κ3) is 3.23. The van der Waals surface area contributed by atoms with Crippen molar-refractivity contribution in [3.8, 4) is 0 Å². The van der Waals surface area contributed by atoms with E-state index in [1.54, 1.807) is 11.9 Å². The lowest BCUT2D eigenvalue weighted by atomic mass is 10.3. The molecule has 1 amide bonds. The molecule has 106 valence electrons. The largest absolute Gasteiger partial charge is 0.406 e. The molecule has 19 heavy (non-hydrogen) atoms. The van der Waals surface area contributed by atoms with Crippen LogP contribution in [0, 0.1) is 0 Å². The minimum atomic E-state index is 0.00364. The number of nitrogens with zero attached hydrogens (tertiary/aromatic N) is 4. The number of hydrogen-bond donors (Lipinski definition) is 1. The summed E-state index contributed by atoms with van der Waals surface area (Å²) >= 11 is 0. The van der Waals surface area contributed by atoms with Crippen molar-refractivity contribution >= 4 is 11.9 Å². The van der Waals surface area contributed by atoms with Gasteiger partial charge in [0.1, 0.15) is 6.54 Å². The van der Waals surface area contributed by atoms with Gasteiger partial charge in [-0.15, -0.1) is 5.10 Å². The van der Waals surface area contributed by atoms with E-state index in [1.807, 2.05) is 18.9 Å². The van der Waals surface area contributed by atoms with E-state index in [0.29, 0.717) is 11.9 Å². The maximum absolute atomic E-state index is 12.0. The Hall–Kier alpha value is -1.63. The second-order valence-corrected chi connectivity index (χ2v) is 4.88. The first-order valence-electron chi connectivity index (χ1n) is 6.61. The molecule has 1 saturated heterocycles. The van der Waals surface area contributed by atoms with Crippen LogP contribution in [0.15, 0.2) is 4.42 Å². The average Bonchev–Trinajstić information content (AvgIpc) is 3.08. The molecule has 2 heterocycles. The average molecular weight is 267 g/mol. The predicted octanol–water partition coefficient (Wildman–Crippen LogP) is 0.409. The third-order valence-electron chi connectivity index (χ3n) is 3.39. The lowest BCUT2D eigenvalue weighted by Gasteiger charge is -2.19. The summed E-state index contributed by atoms with van der Waals surface area (Å²) in [5.41, 5.74) is 0. The van der Waals surface area contributed by atoms with Gasteiger partial charge in [-0.3, -0.25) is 4.79 Å². The first-order valence-corrected chi connectivity index (χ1v) is 6.61. The number of anilines is 1. The Balaban J connectivity index is 1.93. The number of carbonyl (C=O) groups is 1. The predicted molar refractivity (Wildman–Crippen MR) is 70.9 cm³/mol. The van der Waals surface area contributed by atoms with Gasteiger partial charge in [0.15, 0.2) is 0 Å². The highest BCUT2D eigenvalue weighted by Gasteiger charge is 2.21. The summed E-state index contributed by atoms with van der Waals surface area (Å²) in [7, 11) is 3.62. The van der Waals surface area contributed by atoms with E-state index in [9.17, 15) is 4.79 Å². The van der Waals surface area contributed by atoms with Crippen LogP contribution < -0.4 is 10.2 Å². The van der Waals surface area contributed by atoms with Gasteiger partial charge in [-0.05, 0) is 26.8 Å². The van der Waals surface area contributed by atoms with Crippen LogP contribution in [0.2, 0.25) is 0 Å². The molecule has 2 rings (SSSR count). The highest BCUT2D eigenvalue weighted by atomic mass is 16.4. The lowest BCUT2D eigenvalue weighted by molar-refractivity contribution is -0.128. The monoisotopic (exact) mass is 267 g/mol. The minimum absolute atomic E-state index is 0.00364. The van der Waals surface area contributed by atoms with Crippen molar-refractivity contribution in [1.82, 2.24) is 20.4 Å². The highest BCUT2D eigenvalue weighted by Crippen LogP contribution is 2.16. The van der Waals surface area contributed by atoms with E-state index >= 15 is 0 Å². The molecule has 0 aromatic carbocycles. The van der Waals surface area contributed by atoms with Gasteiger partial charge in [-0.1, -0.05) is 5.10 Å². The molecule has 7 nitrogen and oxygen atoms in total. The maximum atomic E-state index is 12.0. The van der Waals surface area contributed by atoms with Gasteiger partial charge in [0.05, 0.1) is 6.04 Å². The summed E-state index contributed by atoms with van der Waals surface area (Å²) in [6.07, 6.45) is 2.19. The quantitative estimate of drug-likeness (QED) is 0.833. The van der Waals surface area contributed by atoms with Gasteiger partial charge in [-0.25, -0.2) is 0 Å². The van der Waals surface area contributed by atoms with Crippen molar-refractivity contribution in [2.45, 2.75) is 25.8 Å². The fraction of sp³-hybridized carbons (Fsp3) is 0.750. The molecule has 7 heteroatoms. The molecule has 1 atom stereocenters. The van der Waals surface area contributed by atoms with Crippen molar-refractivity contribution in [2.24, 2.45) is 0 Å². The van der Waals surface area contributed by atoms with Crippen molar-refractivity contribution in [3.05, 3.63) is 5.89 Å². The Morgan fingerprint density at radius 3 is 2.79 bits per heavy atom. The van der Waals surface area contributed by atoms with E-state index in [4.69, 9.17) is 4.42 Å². The van der Waals surface area contributed by atoms with Gasteiger partial charge < -0.3 is 19.5 Å². The molecule has 0 spiro atoms. The molecular formula is C12H21N5O2.